The van der Waals surface area contributed by atoms with Gasteiger partial charge >= 0.3 is 11.9 Å². The molecule has 0 spiro atoms. The van der Waals surface area contributed by atoms with E-state index < -0.39 is 11.9 Å². The zero-order chi connectivity index (χ0) is 16.4. The van der Waals surface area contributed by atoms with E-state index in [1.165, 1.54) is 6.92 Å². The summed E-state index contributed by atoms with van der Waals surface area (Å²) < 4.78 is 15.9. The molecule has 0 saturated heterocycles. The third-order valence-electron chi connectivity index (χ3n) is 2.92. The van der Waals surface area contributed by atoms with Crippen LogP contribution in [0.1, 0.15) is 40.3 Å². The Hall–Kier alpha value is -2.15. The monoisotopic (exact) mass is 368 g/mol. The fourth-order valence-corrected chi connectivity index (χ4v) is 2.68. The lowest BCUT2D eigenvalue weighted by atomic mass is 10.1. The summed E-state index contributed by atoms with van der Waals surface area (Å²) in [5.41, 5.74) is 0.983. The van der Waals surface area contributed by atoms with E-state index in [2.05, 4.69) is 15.9 Å². The summed E-state index contributed by atoms with van der Waals surface area (Å²) in [5, 5.41) is 0.344. The second-order valence-electron chi connectivity index (χ2n) is 4.48. The summed E-state index contributed by atoms with van der Waals surface area (Å²) >= 11 is 3.30. The molecule has 0 radical (unpaired) electrons. The Morgan fingerprint density at radius 3 is 2.64 bits per heavy atom. The van der Waals surface area contributed by atoms with E-state index in [4.69, 9.17) is 13.9 Å². The molecule has 1 heterocycles. The van der Waals surface area contributed by atoms with Crippen LogP contribution in [-0.4, -0.2) is 24.8 Å². The van der Waals surface area contributed by atoms with Gasteiger partial charge in [0.25, 0.3) is 0 Å². The van der Waals surface area contributed by atoms with Gasteiger partial charge in [0.15, 0.2) is 12.0 Å². The number of hydrogen-bond acceptors (Lipinski definition) is 6. The van der Waals surface area contributed by atoms with Gasteiger partial charge in [-0.3, -0.25) is 9.59 Å². The van der Waals surface area contributed by atoms with Crippen LogP contribution in [-0.2, 0) is 9.53 Å². The molecule has 1 aromatic heterocycles. The van der Waals surface area contributed by atoms with Gasteiger partial charge in [0.2, 0.25) is 0 Å². The number of rotatable bonds is 4. The van der Waals surface area contributed by atoms with Gasteiger partial charge in [-0.05, 0) is 41.4 Å². The molecule has 0 aliphatic heterocycles. The van der Waals surface area contributed by atoms with Crippen molar-refractivity contribution in [2.75, 3.05) is 6.61 Å². The van der Waals surface area contributed by atoms with Gasteiger partial charge in [0.05, 0.1) is 16.5 Å². The van der Waals surface area contributed by atoms with Gasteiger partial charge in [-0.15, -0.1) is 0 Å². The number of benzene rings is 1. The van der Waals surface area contributed by atoms with E-state index in [1.807, 2.05) is 0 Å². The first-order chi connectivity index (χ1) is 10.4. The molecule has 0 aliphatic carbocycles. The third kappa shape index (κ3) is 2.76. The van der Waals surface area contributed by atoms with Crippen LogP contribution in [0.4, 0.5) is 0 Å². The van der Waals surface area contributed by atoms with Gasteiger partial charge < -0.3 is 13.9 Å². The van der Waals surface area contributed by atoms with Gasteiger partial charge in [-0.2, -0.15) is 0 Å². The summed E-state index contributed by atoms with van der Waals surface area (Å²) in [6.07, 6.45) is 0.448. The lowest BCUT2D eigenvalue weighted by molar-refractivity contribution is -0.131. The second-order valence-corrected chi connectivity index (χ2v) is 5.28. The normalized spacial score (nSPS) is 10.5. The number of furan rings is 1. The lowest BCUT2D eigenvalue weighted by Gasteiger charge is -2.08. The number of fused-ring (bicyclic) bond motifs is 1. The van der Waals surface area contributed by atoms with Gasteiger partial charge in [0.1, 0.15) is 16.9 Å². The molecule has 0 atom stereocenters. The average molecular weight is 369 g/mol. The highest BCUT2D eigenvalue weighted by atomic mass is 79.9. The first-order valence-electron chi connectivity index (χ1n) is 6.47. The topological polar surface area (TPSA) is 82.8 Å². The van der Waals surface area contributed by atoms with Crippen LogP contribution in [0.3, 0.4) is 0 Å². The smallest absolute Gasteiger partial charge is 0.342 e. The van der Waals surface area contributed by atoms with Crippen molar-refractivity contribution in [3.05, 3.63) is 27.4 Å². The zero-order valence-electron chi connectivity index (χ0n) is 12.2. The van der Waals surface area contributed by atoms with Crippen molar-refractivity contribution in [3.63, 3.8) is 0 Å². The van der Waals surface area contributed by atoms with Crippen molar-refractivity contribution in [3.8, 4) is 5.75 Å². The predicted molar refractivity (Wildman–Crippen MR) is 81.3 cm³/mol. The summed E-state index contributed by atoms with van der Waals surface area (Å²) in [5.74, 6) is -1.07. The van der Waals surface area contributed by atoms with Gasteiger partial charge in [0, 0.05) is 6.92 Å². The molecule has 0 bridgehead atoms. The molecule has 0 aliphatic rings. The molecule has 1 aromatic carbocycles. The quantitative estimate of drug-likeness (QED) is 0.467. The Labute approximate surface area is 134 Å². The molecule has 0 saturated carbocycles. The highest BCUT2D eigenvalue weighted by molar-refractivity contribution is 9.10. The van der Waals surface area contributed by atoms with Crippen LogP contribution in [0.5, 0.6) is 5.75 Å². The minimum atomic E-state index is -0.677. The Morgan fingerprint density at radius 2 is 2.09 bits per heavy atom. The van der Waals surface area contributed by atoms with Crippen LogP contribution in [0.2, 0.25) is 0 Å². The SMILES string of the molecule is CCOC(=O)c1c(C=O)oc2c(C)cc(OC(C)=O)c(Br)c12. The minimum absolute atomic E-state index is 0.0100. The Balaban J connectivity index is 2.81. The summed E-state index contributed by atoms with van der Waals surface area (Å²) in [4.78, 5) is 34.5. The van der Waals surface area contributed by atoms with Gasteiger partial charge in [-0.1, -0.05) is 0 Å². The molecular formula is C15H13BrO6. The number of esters is 2. The molecule has 0 unspecified atom stereocenters. The first kappa shape index (κ1) is 16.2. The fourth-order valence-electron chi connectivity index (χ4n) is 2.10. The summed E-state index contributed by atoms with van der Waals surface area (Å²) in [7, 11) is 0. The van der Waals surface area contributed by atoms with Crippen molar-refractivity contribution < 1.29 is 28.3 Å². The van der Waals surface area contributed by atoms with Crippen LogP contribution in [0, 0.1) is 6.92 Å². The van der Waals surface area contributed by atoms with Crippen molar-refractivity contribution in [1.82, 2.24) is 0 Å². The van der Waals surface area contributed by atoms with E-state index in [1.54, 1.807) is 19.9 Å². The second kappa shape index (κ2) is 6.31. The standard InChI is InChI=1S/C15H13BrO6/c1-4-20-15(19)11-10(6-17)22-14-7(2)5-9(21-8(3)18)13(16)12(11)14/h5-6H,4H2,1-3H3. The third-order valence-corrected chi connectivity index (χ3v) is 3.70. The number of hydrogen-bond donors (Lipinski definition) is 0. The van der Waals surface area contributed by atoms with E-state index >= 15 is 0 Å². The highest BCUT2D eigenvalue weighted by Crippen LogP contribution is 2.40. The number of carbonyl (C=O) groups is 3. The Morgan fingerprint density at radius 1 is 1.41 bits per heavy atom. The van der Waals surface area contributed by atoms with Crippen LogP contribution in [0.15, 0.2) is 15.0 Å². The Kier molecular flexibility index (Phi) is 4.65. The maximum atomic E-state index is 12.1. The van der Waals surface area contributed by atoms with Crippen molar-refractivity contribution in [2.24, 2.45) is 0 Å². The maximum absolute atomic E-state index is 12.1. The maximum Gasteiger partial charge on any atom is 0.342 e. The molecule has 6 nitrogen and oxygen atoms in total. The average Bonchev–Trinajstić information content (AvgIpc) is 2.84. The van der Waals surface area contributed by atoms with Gasteiger partial charge in [-0.25, -0.2) is 4.79 Å². The number of aryl methyl sites for hydroxylation is 1. The largest absolute Gasteiger partial charge is 0.462 e. The lowest BCUT2D eigenvalue weighted by Crippen LogP contribution is -2.07. The van der Waals surface area contributed by atoms with Crippen molar-refractivity contribution >= 4 is 45.1 Å². The van der Waals surface area contributed by atoms with E-state index in [0.29, 0.717) is 27.3 Å². The van der Waals surface area contributed by atoms with Crippen LogP contribution >= 0.6 is 15.9 Å². The van der Waals surface area contributed by atoms with Crippen LogP contribution < -0.4 is 4.74 Å². The predicted octanol–water partition coefficient (Wildman–Crippen LogP) is 3.42. The molecule has 0 amide bonds. The number of halogens is 1. The molecule has 7 heteroatoms. The fraction of sp³-hybridized carbons (Fsp3) is 0.267. The summed E-state index contributed by atoms with van der Waals surface area (Å²) in [6, 6.07) is 1.58. The molecule has 2 rings (SSSR count). The van der Waals surface area contributed by atoms with E-state index in [9.17, 15) is 14.4 Å². The number of carbonyl (C=O) groups excluding carboxylic acids is 3. The van der Waals surface area contributed by atoms with Crippen molar-refractivity contribution in [2.45, 2.75) is 20.8 Å². The number of ether oxygens (including phenoxy) is 2. The van der Waals surface area contributed by atoms with Crippen molar-refractivity contribution in [1.29, 1.82) is 0 Å². The molecule has 22 heavy (non-hydrogen) atoms. The van der Waals surface area contributed by atoms with E-state index in [-0.39, 0.29) is 23.7 Å². The molecule has 2 aromatic rings. The minimum Gasteiger partial charge on any atom is -0.462 e. The molecule has 0 fully saturated rings. The molecular weight excluding hydrogens is 356 g/mol. The number of aldehydes is 1. The summed E-state index contributed by atoms with van der Waals surface area (Å²) in [6.45, 7) is 4.80. The molecule has 116 valence electrons. The van der Waals surface area contributed by atoms with E-state index in [0.717, 1.165) is 0 Å². The van der Waals surface area contributed by atoms with Crippen LogP contribution in [0.25, 0.3) is 11.0 Å². The first-order valence-corrected chi connectivity index (χ1v) is 7.26. The zero-order valence-corrected chi connectivity index (χ0v) is 13.8. The Bertz CT molecular complexity index is 774. The highest BCUT2D eigenvalue weighted by Gasteiger charge is 2.26. The molecule has 0 N–H and O–H groups in total.